The zero-order valence-corrected chi connectivity index (χ0v) is 19.9. The number of carbonyl (C=O) groups is 2. The van der Waals surface area contributed by atoms with Crippen LogP contribution in [0.4, 0.5) is 21.9 Å². The Morgan fingerprint density at radius 1 is 0.853 bits per heavy atom. The van der Waals surface area contributed by atoms with Gasteiger partial charge in [-0.3, -0.25) is 19.9 Å². The number of rotatable bonds is 4. The molecule has 0 unspecified atom stereocenters. The zero-order valence-electron chi connectivity index (χ0n) is 19.9. The molecule has 34 heavy (non-hydrogen) atoms. The van der Waals surface area contributed by atoms with E-state index >= 15 is 0 Å². The average molecular weight is 462 g/mol. The Balaban J connectivity index is 1.40. The third-order valence-electron chi connectivity index (χ3n) is 7.35. The van der Waals surface area contributed by atoms with Crippen molar-refractivity contribution < 1.29 is 14.3 Å². The molecule has 2 aromatic rings. The summed E-state index contributed by atoms with van der Waals surface area (Å²) in [6, 6.07) is 14.1. The lowest BCUT2D eigenvalue weighted by Gasteiger charge is -2.31. The maximum absolute atomic E-state index is 13.7. The first kappa shape index (κ1) is 22.9. The highest BCUT2D eigenvalue weighted by molar-refractivity contribution is 6.04. The molecule has 0 atom stereocenters. The molecule has 3 aliphatic rings. The number of piperidine rings is 1. The van der Waals surface area contributed by atoms with Gasteiger partial charge in [0.05, 0.1) is 17.9 Å². The van der Waals surface area contributed by atoms with Crippen LogP contribution >= 0.6 is 0 Å². The number of amides is 2. The number of hydrogen-bond acceptors (Lipinski definition) is 4. The Hall–Kier alpha value is -2.86. The number of nitrogens with zero attached hydrogens (tertiary/aromatic N) is 2. The monoisotopic (exact) mass is 461 g/mol. The zero-order chi connectivity index (χ0) is 23.3. The molecule has 0 spiro atoms. The van der Waals surface area contributed by atoms with Gasteiger partial charge in [-0.05, 0) is 93.8 Å². The minimum atomic E-state index is -0.410. The van der Waals surface area contributed by atoms with E-state index in [4.69, 9.17) is 4.74 Å². The number of fused-ring (bicyclic) bond motifs is 2. The van der Waals surface area contributed by atoms with E-state index in [1.807, 2.05) is 41.3 Å². The molecule has 6 heteroatoms. The van der Waals surface area contributed by atoms with Gasteiger partial charge in [0.1, 0.15) is 6.10 Å². The number of benzene rings is 2. The lowest BCUT2D eigenvalue weighted by molar-refractivity contribution is -0.119. The Morgan fingerprint density at radius 3 is 2.35 bits per heavy atom. The van der Waals surface area contributed by atoms with Crippen LogP contribution in [0.25, 0.3) is 0 Å². The van der Waals surface area contributed by atoms with Crippen molar-refractivity contribution in [2.24, 2.45) is 0 Å². The van der Waals surface area contributed by atoms with Crippen molar-refractivity contribution >= 4 is 29.1 Å². The van der Waals surface area contributed by atoms with Gasteiger partial charge >= 0.3 is 6.09 Å². The van der Waals surface area contributed by atoms with Gasteiger partial charge in [-0.1, -0.05) is 37.1 Å². The standard InChI is InChI=1S/C28H35N3O3/c32-27(20-30-17-7-2-8-18-30)31-25-12-6-5-9-21(25)13-14-22-15-16-23(19-26(22)31)29-28(33)34-24-10-3-1-4-11-24/h5-6,9,12,15-16,19,24H,1-4,7-8,10-11,13-14,17-18,20H2,(H,29,33). The third kappa shape index (κ3) is 5.27. The van der Waals surface area contributed by atoms with Crippen LogP contribution in [0, 0.1) is 0 Å². The minimum Gasteiger partial charge on any atom is -0.446 e. The average Bonchev–Trinajstić information content (AvgIpc) is 3.02. The number of aryl methyl sites for hydroxylation is 2. The van der Waals surface area contributed by atoms with Crippen molar-refractivity contribution in [2.45, 2.75) is 70.3 Å². The molecule has 0 radical (unpaired) electrons. The highest BCUT2D eigenvalue weighted by Crippen LogP contribution is 2.38. The second kappa shape index (κ2) is 10.6. The molecule has 2 heterocycles. The van der Waals surface area contributed by atoms with Gasteiger partial charge in [0.2, 0.25) is 5.91 Å². The summed E-state index contributed by atoms with van der Waals surface area (Å²) in [5.74, 6) is 0.0828. The lowest BCUT2D eigenvalue weighted by atomic mass is 9.98. The summed E-state index contributed by atoms with van der Waals surface area (Å²) in [5, 5.41) is 2.92. The largest absolute Gasteiger partial charge is 0.446 e. The molecule has 2 amide bonds. The number of anilines is 3. The van der Waals surface area contributed by atoms with Crippen molar-refractivity contribution in [3.63, 3.8) is 0 Å². The number of carbonyl (C=O) groups excluding carboxylic acids is 2. The van der Waals surface area contributed by atoms with Gasteiger partial charge in [-0.25, -0.2) is 4.79 Å². The molecule has 0 bridgehead atoms. The van der Waals surface area contributed by atoms with E-state index in [9.17, 15) is 9.59 Å². The van der Waals surface area contributed by atoms with Gasteiger partial charge in [0, 0.05) is 5.69 Å². The topological polar surface area (TPSA) is 61.9 Å². The minimum absolute atomic E-state index is 0.00377. The second-order valence-electron chi connectivity index (χ2n) is 9.83. The van der Waals surface area contributed by atoms with Crippen molar-refractivity contribution in [2.75, 3.05) is 29.9 Å². The van der Waals surface area contributed by atoms with E-state index in [1.54, 1.807) is 0 Å². The first-order valence-corrected chi connectivity index (χ1v) is 12.9. The Kier molecular flexibility index (Phi) is 7.14. The number of likely N-dealkylation sites (tertiary alicyclic amines) is 1. The van der Waals surface area contributed by atoms with Crippen LogP contribution < -0.4 is 10.2 Å². The van der Waals surface area contributed by atoms with E-state index < -0.39 is 6.09 Å². The van der Waals surface area contributed by atoms with Gasteiger partial charge < -0.3 is 4.74 Å². The van der Waals surface area contributed by atoms with E-state index in [0.29, 0.717) is 12.2 Å². The molecule has 1 saturated heterocycles. The SMILES string of the molecule is O=C(Nc1ccc2c(c1)N(C(=O)CN1CCCCC1)c1ccccc1CC2)OC1CCCCC1. The summed E-state index contributed by atoms with van der Waals surface area (Å²) in [7, 11) is 0. The molecule has 0 aromatic heterocycles. The predicted molar refractivity (Wildman–Crippen MR) is 135 cm³/mol. The smallest absolute Gasteiger partial charge is 0.411 e. The van der Waals surface area contributed by atoms with Gasteiger partial charge in [-0.2, -0.15) is 0 Å². The van der Waals surface area contributed by atoms with Crippen LogP contribution in [-0.4, -0.2) is 42.6 Å². The Morgan fingerprint density at radius 2 is 1.56 bits per heavy atom. The summed E-state index contributed by atoms with van der Waals surface area (Å²) in [4.78, 5) is 30.4. The molecule has 6 nitrogen and oxygen atoms in total. The number of nitrogens with one attached hydrogen (secondary N) is 1. The fourth-order valence-corrected chi connectivity index (χ4v) is 5.53. The summed E-state index contributed by atoms with van der Waals surface area (Å²) in [6.07, 6.45) is 10.2. The quantitative estimate of drug-likeness (QED) is 0.623. The maximum atomic E-state index is 13.7. The van der Waals surface area contributed by atoms with Crippen LogP contribution in [0.2, 0.25) is 0 Å². The molecule has 1 aliphatic carbocycles. The molecular formula is C28H35N3O3. The molecule has 5 rings (SSSR count). The molecule has 1 saturated carbocycles. The summed E-state index contributed by atoms with van der Waals surface area (Å²) < 4.78 is 5.66. The predicted octanol–water partition coefficient (Wildman–Crippen LogP) is 5.82. The van der Waals surface area contributed by atoms with Crippen LogP contribution in [0.1, 0.15) is 62.5 Å². The summed E-state index contributed by atoms with van der Waals surface area (Å²) in [6.45, 7) is 2.36. The van der Waals surface area contributed by atoms with Gasteiger partial charge in [-0.15, -0.1) is 0 Å². The highest BCUT2D eigenvalue weighted by Gasteiger charge is 2.28. The number of ether oxygens (including phenoxy) is 1. The van der Waals surface area contributed by atoms with Crippen molar-refractivity contribution in [1.29, 1.82) is 0 Å². The molecular weight excluding hydrogens is 426 g/mol. The fourth-order valence-electron chi connectivity index (χ4n) is 5.53. The van der Waals surface area contributed by atoms with E-state index in [-0.39, 0.29) is 12.0 Å². The molecule has 2 fully saturated rings. The molecule has 1 N–H and O–H groups in total. The molecule has 2 aliphatic heterocycles. The molecule has 2 aromatic carbocycles. The van der Waals surface area contributed by atoms with Crippen LogP contribution in [0.3, 0.4) is 0 Å². The van der Waals surface area contributed by atoms with E-state index in [0.717, 1.165) is 81.4 Å². The van der Waals surface area contributed by atoms with E-state index in [1.165, 1.54) is 18.4 Å². The first-order valence-electron chi connectivity index (χ1n) is 12.9. The van der Waals surface area contributed by atoms with Crippen molar-refractivity contribution in [1.82, 2.24) is 4.90 Å². The van der Waals surface area contributed by atoms with E-state index in [2.05, 4.69) is 16.3 Å². The van der Waals surface area contributed by atoms with Crippen LogP contribution in [0.5, 0.6) is 0 Å². The Bertz CT molecular complexity index is 1030. The lowest BCUT2D eigenvalue weighted by Crippen LogP contribution is -2.40. The Labute approximate surface area is 202 Å². The molecule has 180 valence electrons. The second-order valence-corrected chi connectivity index (χ2v) is 9.83. The summed E-state index contributed by atoms with van der Waals surface area (Å²) >= 11 is 0. The normalized spacial score (nSPS) is 19.0. The number of para-hydroxylation sites is 1. The first-order chi connectivity index (χ1) is 16.7. The fraction of sp³-hybridized carbons (Fsp3) is 0.500. The van der Waals surface area contributed by atoms with Crippen molar-refractivity contribution in [3.05, 3.63) is 53.6 Å². The van der Waals surface area contributed by atoms with Gasteiger partial charge in [0.15, 0.2) is 0 Å². The summed E-state index contributed by atoms with van der Waals surface area (Å²) in [5.41, 5.74) is 4.77. The van der Waals surface area contributed by atoms with Crippen LogP contribution in [-0.2, 0) is 22.4 Å². The van der Waals surface area contributed by atoms with Crippen molar-refractivity contribution in [3.8, 4) is 0 Å². The highest BCUT2D eigenvalue weighted by atomic mass is 16.6. The number of hydrogen-bond donors (Lipinski definition) is 1. The maximum Gasteiger partial charge on any atom is 0.411 e. The third-order valence-corrected chi connectivity index (χ3v) is 7.35. The van der Waals surface area contributed by atoms with Gasteiger partial charge in [0.25, 0.3) is 0 Å². The van der Waals surface area contributed by atoms with Crippen LogP contribution in [0.15, 0.2) is 42.5 Å².